The third-order valence-corrected chi connectivity index (χ3v) is 3.42. The van der Waals surface area contributed by atoms with E-state index in [-0.39, 0.29) is 0 Å². The molecule has 0 fully saturated rings. The Kier molecular flexibility index (Phi) is 4.44. The molecule has 0 unspecified atom stereocenters. The fraction of sp³-hybridized carbons (Fsp3) is 0.0625. The molecule has 2 rings (SSSR count). The van der Waals surface area contributed by atoms with Crippen LogP contribution < -0.4 is 10.5 Å². The number of allylic oxidation sites excluding steroid dienone is 1. The predicted molar refractivity (Wildman–Crippen MR) is 83.7 cm³/mol. The molecule has 0 saturated carbocycles. The maximum atomic E-state index is 9.20. The number of rotatable bonds is 4. The molecule has 0 bridgehead atoms. The zero-order chi connectivity index (χ0) is 14.5. The minimum absolute atomic E-state index is 0.467. The summed E-state index contributed by atoms with van der Waals surface area (Å²) < 4.78 is 6.57. The monoisotopic (exact) mass is 328 g/mol. The van der Waals surface area contributed by atoms with Crippen LogP contribution in [0.4, 0.5) is 5.69 Å². The molecule has 0 aliphatic heterocycles. The fourth-order valence-corrected chi connectivity index (χ4v) is 2.27. The molecule has 0 aliphatic carbocycles. The average Bonchev–Trinajstić information content (AvgIpc) is 2.42. The van der Waals surface area contributed by atoms with E-state index in [0.717, 1.165) is 5.56 Å². The lowest BCUT2D eigenvalue weighted by molar-refractivity contribution is 0.476. The molecular formula is C16H13BrN2O. The second-order valence-corrected chi connectivity index (χ2v) is 5.04. The maximum absolute atomic E-state index is 9.20. The third kappa shape index (κ3) is 3.01. The van der Waals surface area contributed by atoms with Gasteiger partial charge in [-0.3, -0.25) is 0 Å². The van der Waals surface area contributed by atoms with Gasteiger partial charge < -0.3 is 10.5 Å². The van der Waals surface area contributed by atoms with Crippen molar-refractivity contribution >= 4 is 21.6 Å². The summed E-state index contributed by atoms with van der Waals surface area (Å²) in [6.45, 7) is 3.73. The summed E-state index contributed by atoms with van der Waals surface area (Å²) in [4.78, 5) is 0. The van der Waals surface area contributed by atoms with Gasteiger partial charge in [0.15, 0.2) is 0 Å². The van der Waals surface area contributed by atoms with Crippen LogP contribution in [0.1, 0.15) is 11.1 Å². The van der Waals surface area contributed by atoms with E-state index in [2.05, 4.69) is 28.6 Å². The maximum Gasteiger partial charge on any atom is 0.146 e. The first-order valence-electron chi connectivity index (χ1n) is 6.01. The molecule has 2 aromatic carbocycles. The largest absolute Gasteiger partial charge is 0.456 e. The minimum Gasteiger partial charge on any atom is -0.456 e. The van der Waals surface area contributed by atoms with Gasteiger partial charge in [-0.1, -0.05) is 12.1 Å². The fourth-order valence-electron chi connectivity index (χ4n) is 1.83. The van der Waals surface area contributed by atoms with Crippen molar-refractivity contribution in [2.45, 2.75) is 6.42 Å². The highest BCUT2D eigenvalue weighted by atomic mass is 79.9. The van der Waals surface area contributed by atoms with Crippen molar-refractivity contribution in [3.05, 3.63) is 64.7 Å². The molecule has 20 heavy (non-hydrogen) atoms. The average molecular weight is 329 g/mol. The highest BCUT2D eigenvalue weighted by Crippen LogP contribution is 2.32. The van der Waals surface area contributed by atoms with Crippen LogP contribution in [0.2, 0.25) is 0 Å². The van der Waals surface area contributed by atoms with E-state index in [1.807, 2.05) is 12.1 Å². The van der Waals surface area contributed by atoms with Crippen molar-refractivity contribution in [1.29, 1.82) is 5.26 Å². The van der Waals surface area contributed by atoms with Crippen molar-refractivity contribution in [3.8, 4) is 17.6 Å². The lowest BCUT2D eigenvalue weighted by Crippen LogP contribution is -1.95. The highest BCUT2D eigenvalue weighted by Gasteiger charge is 2.10. The van der Waals surface area contributed by atoms with E-state index in [1.54, 1.807) is 30.3 Å². The number of nitriles is 1. The van der Waals surface area contributed by atoms with Gasteiger partial charge in [-0.15, -0.1) is 6.58 Å². The van der Waals surface area contributed by atoms with Crippen molar-refractivity contribution in [1.82, 2.24) is 0 Å². The molecule has 0 saturated heterocycles. The standard InChI is InChI=1S/C16H13BrN2O/c1-2-4-11-9-12(19)7-8-15(11)20-16-6-3-5-14(17)13(16)10-18/h2-3,5-9H,1,4,19H2. The second-order valence-electron chi connectivity index (χ2n) is 4.19. The van der Waals surface area contributed by atoms with Gasteiger partial charge in [-0.05, 0) is 52.7 Å². The Morgan fingerprint density at radius 3 is 2.80 bits per heavy atom. The number of nitrogen functional groups attached to an aromatic ring is 1. The van der Waals surface area contributed by atoms with Crippen LogP contribution in [0.3, 0.4) is 0 Å². The molecule has 100 valence electrons. The van der Waals surface area contributed by atoms with E-state index < -0.39 is 0 Å². The lowest BCUT2D eigenvalue weighted by atomic mass is 10.1. The van der Waals surface area contributed by atoms with E-state index >= 15 is 0 Å². The van der Waals surface area contributed by atoms with Gasteiger partial charge in [0.05, 0.1) is 0 Å². The topological polar surface area (TPSA) is 59.0 Å². The molecule has 0 aromatic heterocycles. The van der Waals surface area contributed by atoms with Crippen molar-refractivity contribution < 1.29 is 4.74 Å². The summed E-state index contributed by atoms with van der Waals surface area (Å²) in [7, 11) is 0. The van der Waals surface area contributed by atoms with Crippen LogP contribution in [-0.4, -0.2) is 0 Å². The Morgan fingerprint density at radius 2 is 2.10 bits per heavy atom. The van der Waals surface area contributed by atoms with E-state index in [1.165, 1.54) is 0 Å². The second kappa shape index (κ2) is 6.27. The number of halogens is 1. The van der Waals surface area contributed by atoms with Crippen molar-refractivity contribution in [3.63, 3.8) is 0 Å². The zero-order valence-corrected chi connectivity index (χ0v) is 12.4. The first-order chi connectivity index (χ1) is 9.65. The molecule has 0 radical (unpaired) electrons. The van der Waals surface area contributed by atoms with E-state index in [9.17, 15) is 5.26 Å². The van der Waals surface area contributed by atoms with Crippen LogP contribution in [-0.2, 0) is 6.42 Å². The van der Waals surface area contributed by atoms with Gasteiger partial charge in [0.25, 0.3) is 0 Å². The Balaban J connectivity index is 2.43. The van der Waals surface area contributed by atoms with Crippen molar-refractivity contribution in [2.75, 3.05) is 5.73 Å². The Morgan fingerprint density at radius 1 is 1.30 bits per heavy atom. The number of hydrogen-bond acceptors (Lipinski definition) is 3. The quantitative estimate of drug-likeness (QED) is 0.667. The van der Waals surface area contributed by atoms with Gasteiger partial charge >= 0.3 is 0 Å². The number of benzene rings is 2. The van der Waals surface area contributed by atoms with Gasteiger partial charge in [0, 0.05) is 15.7 Å². The Labute approximate surface area is 126 Å². The molecule has 0 atom stereocenters. The van der Waals surface area contributed by atoms with Gasteiger partial charge in [0.2, 0.25) is 0 Å². The summed E-state index contributed by atoms with van der Waals surface area (Å²) in [6.07, 6.45) is 2.43. The number of hydrogen-bond donors (Lipinski definition) is 1. The number of anilines is 1. The van der Waals surface area contributed by atoms with Crippen LogP contribution in [0.25, 0.3) is 0 Å². The van der Waals surface area contributed by atoms with E-state index in [4.69, 9.17) is 10.5 Å². The number of nitrogens with two attached hydrogens (primary N) is 1. The number of ether oxygens (including phenoxy) is 1. The molecule has 4 heteroatoms. The van der Waals surface area contributed by atoms with Crippen molar-refractivity contribution in [2.24, 2.45) is 0 Å². The molecule has 0 heterocycles. The van der Waals surface area contributed by atoms with E-state index in [0.29, 0.717) is 33.6 Å². The van der Waals surface area contributed by atoms with Gasteiger partial charge in [0.1, 0.15) is 23.1 Å². The van der Waals surface area contributed by atoms with Gasteiger partial charge in [-0.2, -0.15) is 5.26 Å². The van der Waals surface area contributed by atoms with Crippen LogP contribution in [0, 0.1) is 11.3 Å². The Hall–Kier alpha value is -2.25. The first kappa shape index (κ1) is 14.2. The predicted octanol–water partition coefficient (Wildman–Crippen LogP) is 4.42. The number of nitrogens with zero attached hydrogens (tertiary/aromatic N) is 1. The summed E-state index contributed by atoms with van der Waals surface area (Å²) in [5.74, 6) is 1.19. The summed E-state index contributed by atoms with van der Waals surface area (Å²) >= 11 is 3.34. The molecular weight excluding hydrogens is 316 g/mol. The summed E-state index contributed by atoms with van der Waals surface area (Å²) in [5.41, 5.74) is 7.85. The third-order valence-electron chi connectivity index (χ3n) is 2.76. The van der Waals surface area contributed by atoms with Crippen LogP contribution >= 0.6 is 15.9 Å². The Bertz CT molecular complexity index is 689. The molecule has 0 amide bonds. The molecule has 2 aromatic rings. The smallest absolute Gasteiger partial charge is 0.146 e. The molecule has 0 aliphatic rings. The zero-order valence-electron chi connectivity index (χ0n) is 10.8. The van der Waals surface area contributed by atoms with Crippen LogP contribution in [0.15, 0.2) is 53.5 Å². The molecule has 2 N–H and O–H groups in total. The molecule has 0 spiro atoms. The van der Waals surface area contributed by atoms with Crippen LogP contribution in [0.5, 0.6) is 11.5 Å². The SMILES string of the molecule is C=CCc1cc(N)ccc1Oc1cccc(Br)c1C#N. The van der Waals surface area contributed by atoms with Gasteiger partial charge in [-0.25, -0.2) is 0 Å². The molecule has 3 nitrogen and oxygen atoms in total. The first-order valence-corrected chi connectivity index (χ1v) is 6.80. The highest BCUT2D eigenvalue weighted by molar-refractivity contribution is 9.10. The minimum atomic E-state index is 0.467. The lowest BCUT2D eigenvalue weighted by Gasteiger charge is -2.12. The summed E-state index contributed by atoms with van der Waals surface area (Å²) in [5, 5.41) is 9.20. The summed E-state index contributed by atoms with van der Waals surface area (Å²) in [6, 6.07) is 12.9. The normalized spacial score (nSPS) is 9.80.